The number of carbonyl (C=O) groups is 3. The Bertz CT molecular complexity index is 1000. The average Bonchev–Trinajstić information content (AvgIpc) is 3.14. The van der Waals surface area contributed by atoms with Crippen molar-refractivity contribution in [3.63, 3.8) is 0 Å². The van der Waals surface area contributed by atoms with Gasteiger partial charge in [-0.2, -0.15) is 0 Å². The quantitative estimate of drug-likeness (QED) is 0.281. The number of nitrogens with zero attached hydrogens (tertiary/aromatic N) is 2. The Kier molecular flexibility index (Phi) is 6.15. The lowest BCUT2D eigenvalue weighted by Gasteiger charge is -2.09. The van der Waals surface area contributed by atoms with Crippen LogP contribution in [0, 0.1) is 0 Å². The zero-order valence-corrected chi connectivity index (χ0v) is 15.9. The first-order chi connectivity index (χ1) is 13.0. The number of nitrogens with one attached hydrogen (secondary N) is 1. The van der Waals surface area contributed by atoms with E-state index in [0.717, 1.165) is 10.2 Å². The van der Waals surface area contributed by atoms with Crippen molar-refractivity contribution in [3.05, 3.63) is 47.6 Å². The van der Waals surface area contributed by atoms with Gasteiger partial charge < -0.3 is 10.1 Å². The molecule has 3 rings (SSSR count). The SMILES string of the molecule is CC(=O)c1ccccc1NC(=O)COC(=O)CSc1ncnc2sccc12. The second kappa shape index (κ2) is 8.74. The van der Waals surface area contributed by atoms with E-state index in [9.17, 15) is 14.4 Å². The fraction of sp³-hybridized carbons (Fsp3) is 0.167. The van der Waals surface area contributed by atoms with Crippen molar-refractivity contribution in [1.82, 2.24) is 9.97 Å². The molecular formula is C18H15N3O4S2. The highest BCUT2D eigenvalue weighted by Gasteiger charge is 2.13. The number of ketones is 1. The molecular weight excluding hydrogens is 386 g/mol. The fourth-order valence-electron chi connectivity index (χ4n) is 2.28. The number of fused-ring (bicyclic) bond motifs is 1. The highest BCUT2D eigenvalue weighted by Crippen LogP contribution is 2.27. The number of thioether (sulfide) groups is 1. The molecule has 0 saturated carbocycles. The lowest BCUT2D eigenvalue weighted by molar-refractivity contribution is -0.144. The molecule has 2 heterocycles. The standard InChI is InChI=1S/C18H15N3O4S2/c1-11(22)12-4-2-3-5-14(12)21-15(23)8-25-16(24)9-27-18-13-6-7-26-17(13)19-10-20-18/h2-7,10H,8-9H2,1H3,(H,21,23). The molecule has 0 fully saturated rings. The van der Waals surface area contributed by atoms with Gasteiger partial charge in [-0.25, -0.2) is 9.97 Å². The summed E-state index contributed by atoms with van der Waals surface area (Å²) in [5, 5.41) is 6.07. The Morgan fingerprint density at radius 2 is 2.00 bits per heavy atom. The van der Waals surface area contributed by atoms with Crippen molar-refractivity contribution in [3.8, 4) is 0 Å². The molecule has 2 aromatic heterocycles. The Hall–Kier alpha value is -2.78. The third-order valence-electron chi connectivity index (χ3n) is 3.50. The predicted molar refractivity (Wildman–Crippen MR) is 104 cm³/mol. The fourth-order valence-corrected chi connectivity index (χ4v) is 3.86. The van der Waals surface area contributed by atoms with Crippen molar-refractivity contribution in [1.29, 1.82) is 0 Å². The van der Waals surface area contributed by atoms with E-state index in [4.69, 9.17) is 4.74 Å². The molecule has 0 atom stereocenters. The van der Waals surface area contributed by atoms with Crippen LogP contribution in [0.5, 0.6) is 0 Å². The topological polar surface area (TPSA) is 98.2 Å². The lowest BCUT2D eigenvalue weighted by Crippen LogP contribution is -2.22. The minimum atomic E-state index is -0.531. The van der Waals surface area contributed by atoms with Crippen LogP contribution < -0.4 is 5.32 Å². The predicted octanol–water partition coefficient (Wildman–Crippen LogP) is 3.17. The maximum absolute atomic E-state index is 12.0. The summed E-state index contributed by atoms with van der Waals surface area (Å²) < 4.78 is 4.99. The summed E-state index contributed by atoms with van der Waals surface area (Å²) in [6, 6.07) is 8.55. The highest BCUT2D eigenvalue weighted by molar-refractivity contribution is 8.00. The normalized spacial score (nSPS) is 10.6. The lowest BCUT2D eigenvalue weighted by atomic mass is 10.1. The summed E-state index contributed by atoms with van der Waals surface area (Å²) in [7, 11) is 0. The summed E-state index contributed by atoms with van der Waals surface area (Å²) in [6.07, 6.45) is 1.45. The zero-order chi connectivity index (χ0) is 19.2. The van der Waals surface area contributed by atoms with E-state index in [1.54, 1.807) is 24.3 Å². The number of para-hydroxylation sites is 1. The average molecular weight is 401 g/mol. The Labute approximate surface area is 163 Å². The van der Waals surface area contributed by atoms with Gasteiger partial charge in [0.25, 0.3) is 5.91 Å². The summed E-state index contributed by atoms with van der Waals surface area (Å²) in [6.45, 7) is 0.989. The van der Waals surface area contributed by atoms with E-state index >= 15 is 0 Å². The van der Waals surface area contributed by atoms with E-state index in [-0.39, 0.29) is 11.5 Å². The molecule has 0 bridgehead atoms. The number of esters is 1. The first kappa shape index (κ1) is 19.0. The number of hydrogen-bond acceptors (Lipinski definition) is 8. The number of hydrogen-bond donors (Lipinski definition) is 1. The van der Waals surface area contributed by atoms with Crippen LogP contribution >= 0.6 is 23.1 Å². The van der Waals surface area contributed by atoms with Crippen LogP contribution in [0.4, 0.5) is 5.69 Å². The van der Waals surface area contributed by atoms with Gasteiger partial charge >= 0.3 is 5.97 Å². The van der Waals surface area contributed by atoms with Gasteiger partial charge in [0.2, 0.25) is 0 Å². The van der Waals surface area contributed by atoms with E-state index < -0.39 is 18.5 Å². The third-order valence-corrected chi connectivity index (χ3v) is 5.30. The second-order valence-corrected chi connectivity index (χ2v) is 7.28. The first-order valence-corrected chi connectivity index (χ1v) is 9.77. The number of benzene rings is 1. The van der Waals surface area contributed by atoms with Crippen molar-refractivity contribution in [2.75, 3.05) is 17.7 Å². The van der Waals surface area contributed by atoms with Crippen molar-refractivity contribution < 1.29 is 19.1 Å². The monoisotopic (exact) mass is 401 g/mol. The van der Waals surface area contributed by atoms with Gasteiger partial charge in [0.1, 0.15) is 16.2 Å². The van der Waals surface area contributed by atoms with Crippen LogP contribution in [0.15, 0.2) is 47.1 Å². The summed E-state index contributed by atoms with van der Waals surface area (Å²) in [4.78, 5) is 44.6. The molecule has 1 N–H and O–H groups in total. The Morgan fingerprint density at radius 3 is 2.81 bits per heavy atom. The molecule has 0 spiro atoms. The molecule has 27 heavy (non-hydrogen) atoms. The van der Waals surface area contributed by atoms with Crippen LogP contribution in [0.3, 0.4) is 0 Å². The minimum absolute atomic E-state index is 0.0271. The van der Waals surface area contributed by atoms with Gasteiger partial charge in [-0.15, -0.1) is 11.3 Å². The summed E-state index contributed by atoms with van der Waals surface area (Å²) >= 11 is 2.73. The van der Waals surface area contributed by atoms with E-state index in [2.05, 4.69) is 15.3 Å². The number of Topliss-reactive ketones (excluding diaryl/α,β-unsaturated/α-hetero) is 1. The van der Waals surface area contributed by atoms with Gasteiger partial charge in [-0.1, -0.05) is 23.9 Å². The van der Waals surface area contributed by atoms with Crippen LogP contribution in [0.2, 0.25) is 0 Å². The number of rotatable bonds is 7. The number of anilines is 1. The largest absolute Gasteiger partial charge is 0.455 e. The van der Waals surface area contributed by atoms with Crippen molar-refractivity contribution in [2.24, 2.45) is 0 Å². The molecule has 9 heteroatoms. The smallest absolute Gasteiger partial charge is 0.316 e. The summed E-state index contributed by atoms with van der Waals surface area (Å²) in [5.74, 6) is -1.18. The van der Waals surface area contributed by atoms with Crippen LogP contribution in [0.25, 0.3) is 10.2 Å². The highest BCUT2D eigenvalue weighted by atomic mass is 32.2. The number of aromatic nitrogens is 2. The van der Waals surface area contributed by atoms with Gasteiger partial charge in [-0.05, 0) is 30.5 Å². The molecule has 0 saturated heterocycles. The van der Waals surface area contributed by atoms with Gasteiger partial charge in [0.15, 0.2) is 12.4 Å². The molecule has 0 aliphatic rings. The number of carbonyl (C=O) groups excluding carboxylic acids is 3. The molecule has 1 aromatic carbocycles. The van der Waals surface area contributed by atoms with Crippen LogP contribution in [-0.2, 0) is 14.3 Å². The first-order valence-electron chi connectivity index (χ1n) is 7.91. The third kappa shape index (κ3) is 4.89. The maximum atomic E-state index is 12.0. The molecule has 7 nitrogen and oxygen atoms in total. The molecule has 0 aliphatic heterocycles. The Morgan fingerprint density at radius 1 is 1.19 bits per heavy atom. The number of ether oxygens (including phenoxy) is 1. The van der Waals surface area contributed by atoms with E-state index in [1.165, 1.54) is 36.3 Å². The number of amides is 1. The molecule has 0 unspecified atom stereocenters. The van der Waals surface area contributed by atoms with E-state index in [1.807, 2.05) is 11.4 Å². The molecule has 1 amide bonds. The van der Waals surface area contributed by atoms with Crippen molar-refractivity contribution >= 4 is 56.7 Å². The Balaban J connectivity index is 1.50. The van der Waals surface area contributed by atoms with Crippen LogP contribution in [-0.4, -0.2) is 40.0 Å². The molecule has 138 valence electrons. The molecule has 0 aliphatic carbocycles. The van der Waals surface area contributed by atoms with Gasteiger partial charge in [-0.3, -0.25) is 14.4 Å². The maximum Gasteiger partial charge on any atom is 0.316 e. The van der Waals surface area contributed by atoms with Gasteiger partial charge in [0.05, 0.1) is 11.4 Å². The second-order valence-electron chi connectivity index (χ2n) is 5.42. The van der Waals surface area contributed by atoms with Crippen molar-refractivity contribution in [2.45, 2.75) is 11.9 Å². The minimum Gasteiger partial charge on any atom is -0.455 e. The summed E-state index contributed by atoms with van der Waals surface area (Å²) in [5.41, 5.74) is 0.789. The molecule has 0 radical (unpaired) electrons. The zero-order valence-electron chi connectivity index (χ0n) is 14.3. The van der Waals surface area contributed by atoms with Gasteiger partial charge in [0, 0.05) is 10.9 Å². The van der Waals surface area contributed by atoms with Crippen LogP contribution in [0.1, 0.15) is 17.3 Å². The van der Waals surface area contributed by atoms with E-state index in [0.29, 0.717) is 16.3 Å². The molecule has 3 aromatic rings. The number of thiophene rings is 1.